The average Bonchev–Trinajstić information content (AvgIpc) is 2.82. The Hall–Kier alpha value is -3.75. The van der Waals surface area contributed by atoms with Gasteiger partial charge < -0.3 is 19.1 Å². The lowest BCUT2D eigenvalue weighted by Gasteiger charge is -2.22. The van der Waals surface area contributed by atoms with Gasteiger partial charge in [0, 0.05) is 19.3 Å². The Kier molecular flexibility index (Phi) is 7.42. The molecule has 0 atom stereocenters. The molecule has 0 radical (unpaired) electrons. The van der Waals surface area contributed by atoms with Gasteiger partial charge in [0.2, 0.25) is 5.88 Å². The van der Waals surface area contributed by atoms with Crippen molar-refractivity contribution in [3.05, 3.63) is 83.0 Å². The molecule has 3 rings (SSSR count). The first-order valence-electron chi connectivity index (χ1n) is 9.94. The number of aromatic nitrogens is 1. The lowest BCUT2D eigenvalue weighted by atomic mass is 10.1. The van der Waals surface area contributed by atoms with Crippen molar-refractivity contribution in [2.24, 2.45) is 0 Å². The van der Waals surface area contributed by atoms with E-state index in [2.05, 4.69) is 4.98 Å². The molecule has 0 saturated heterocycles. The summed E-state index contributed by atoms with van der Waals surface area (Å²) in [6, 6.07) is 14.8. The maximum absolute atomic E-state index is 13.8. The summed E-state index contributed by atoms with van der Waals surface area (Å²) in [6.45, 7) is 0.0154. The van der Waals surface area contributed by atoms with Crippen LogP contribution in [0.2, 0.25) is 0 Å². The summed E-state index contributed by atoms with van der Waals surface area (Å²) in [5.41, 5.74) is -0.392. The van der Waals surface area contributed by atoms with Crippen LogP contribution in [-0.2, 0) is 19.3 Å². The molecule has 0 fully saturated rings. The number of carbonyl (C=O) groups is 1. The van der Waals surface area contributed by atoms with Crippen LogP contribution in [0.15, 0.2) is 60.8 Å². The summed E-state index contributed by atoms with van der Waals surface area (Å²) in [4.78, 5) is 18.0. The third kappa shape index (κ3) is 5.74. The maximum atomic E-state index is 13.8. The molecule has 0 aliphatic carbocycles. The van der Waals surface area contributed by atoms with Crippen molar-refractivity contribution in [2.45, 2.75) is 19.3 Å². The first kappa shape index (κ1) is 23.9. The van der Waals surface area contributed by atoms with E-state index in [4.69, 9.17) is 14.2 Å². The van der Waals surface area contributed by atoms with E-state index in [0.29, 0.717) is 17.1 Å². The number of pyridine rings is 1. The van der Waals surface area contributed by atoms with Gasteiger partial charge in [0.15, 0.2) is 0 Å². The molecule has 3 aromatic rings. The highest BCUT2D eigenvalue weighted by Crippen LogP contribution is 2.35. The SMILES string of the molecule is COc1cccc(OC)c1CN(C)C(=O)c1cnc(OCc2ccccc2)cc1C(F)(F)F. The van der Waals surface area contributed by atoms with Gasteiger partial charge in [-0.15, -0.1) is 0 Å². The summed E-state index contributed by atoms with van der Waals surface area (Å²) < 4.78 is 57.4. The van der Waals surface area contributed by atoms with Crippen LogP contribution in [0, 0.1) is 0 Å². The Bertz CT molecular complexity index is 1080. The molecule has 0 aliphatic heterocycles. The summed E-state index contributed by atoms with van der Waals surface area (Å²) in [5, 5.41) is 0. The topological polar surface area (TPSA) is 60.9 Å². The second-order valence-corrected chi connectivity index (χ2v) is 7.14. The Morgan fingerprint density at radius 2 is 1.64 bits per heavy atom. The van der Waals surface area contributed by atoms with Gasteiger partial charge in [0.1, 0.15) is 18.1 Å². The van der Waals surface area contributed by atoms with E-state index in [1.807, 2.05) is 6.07 Å². The van der Waals surface area contributed by atoms with E-state index in [-0.39, 0.29) is 19.0 Å². The summed E-state index contributed by atoms with van der Waals surface area (Å²) in [5.74, 6) is -0.171. The molecule has 0 saturated carbocycles. The molecule has 9 heteroatoms. The second-order valence-electron chi connectivity index (χ2n) is 7.14. The van der Waals surface area contributed by atoms with Crippen LogP contribution in [0.1, 0.15) is 27.0 Å². The van der Waals surface area contributed by atoms with Crippen molar-refractivity contribution in [3.63, 3.8) is 0 Å². The van der Waals surface area contributed by atoms with Gasteiger partial charge in [-0.3, -0.25) is 4.79 Å². The third-order valence-electron chi connectivity index (χ3n) is 4.92. The summed E-state index contributed by atoms with van der Waals surface area (Å²) >= 11 is 0. The van der Waals surface area contributed by atoms with Crippen molar-refractivity contribution < 1.29 is 32.2 Å². The fourth-order valence-electron chi connectivity index (χ4n) is 3.25. The number of carbonyl (C=O) groups excluding carboxylic acids is 1. The van der Waals surface area contributed by atoms with E-state index in [9.17, 15) is 18.0 Å². The third-order valence-corrected chi connectivity index (χ3v) is 4.92. The summed E-state index contributed by atoms with van der Waals surface area (Å²) in [6.07, 6.45) is -3.89. The van der Waals surface area contributed by atoms with Crippen LogP contribution >= 0.6 is 0 Å². The van der Waals surface area contributed by atoms with Gasteiger partial charge in [-0.05, 0) is 17.7 Å². The molecule has 1 heterocycles. The van der Waals surface area contributed by atoms with Gasteiger partial charge >= 0.3 is 6.18 Å². The minimum absolute atomic E-state index is 0.0322. The minimum atomic E-state index is -4.78. The number of ether oxygens (including phenoxy) is 3. The predicted octanol–water partition coefficient (Wildman–Crippen LogP) is 4.97. The number of halogens is 3. The first-order valence-corrected chi connectivity index (χ1v) is 9.94. The van der Waals surface area contributed by atoms with Gasteiger partial charge in [0.25, 0.3) is 5.91 Å². The number of hydrogen-bond acceptors (Lipinski definition) is 5. The van der Waals surface area contributed by atoms with Crippen molar-refractivity contribution in [3.8, 4) is 17.4 Å². The van der Waals surface area contributed by atoms with Crippen LogP contribution in [0.3, 0.4) is 0 Å². The molecule has 1 aromatic heterocycles. The monoisotopic (exact) mass is 460 g/mol. The highest BCUT2D eigenvalue weighted by atomic mass is 19.4. The number of benzene rings is 2. The molecule has 174 valence electrons. The van der Waals surface area contributed by atoms with Crippen molar-refractivity contribution >= 4 is 5.91 Å². The molecule has 0 spiro atoms. The zero-order chi connectivity index (χ0) is 24.0. The molecule has 1 amide bonds. The quantitative estimate of drug-likeness (QED) is 0.475. The molecule has 0 bridgehead atoms. The minimum Gasteiger partial charge on any atom is -0.496 e. The van der Waals surface area contributed by atoms with Crippen LogP contribution < -0.4 is 14.2 Å². The Morgan fingerprint density at radius 3 is 2.21 bits per heavy atom. The van der Waals surface area contributed by atoms with Crippen molar-refractivity contribution in [2.75, 3.05) is 21.3 Å². The van der Waals surface area contributed by atoms with E-state index in [1.54, 1.807) is 42.5 Å². The summed E-state index contributed by atoms with van der Waals surface area (Å²) in [7, 11) is 4.31. The molecule has 2 aromatic carbocycles. The van der Waals surface area contributed by atoms with Gasteiger partial charge in [-0.25, -0.2) is 4.98 Å². The Balaban J connectivity index is 1.86. The maximum Gasteiger partial charge on any atom is 0.417 e. The standard InChI is InChI=1S/C24H23F3N2O4/c1-29(14-18-20(31-2)10-7-11-21(18)32-3)23(30)17-13-28-22(12-19(17)24(25,26)27)33-15-16-8-5-4-6-9-16/h4-13H,14-15H2,1-3H3. The normalized spacial score (nSPS) is 11.1. The number of nitrogens with zero attached hydrogens (tertiary/aromatic N) is 2. The highest BCUT2D eigenvalue weighted by molar-refractivity contribution is 5.95. The average molecular weight is 460 g/mol. The molecular weight excluding hydrogens is 437 g/mol. The number of rotatable bonds is 8. The van der Waals surface area contributed by atoms with E-state index in [1.165, 1.54) is 21.3 Å². The van der Waals surface area contributed by atoms with Crippen LogP contribution in [0.25, 0.3) is 0 Å². The number of amides is 1. The molecule has 33 heavy (non-hydrogen) atoms. The fraction of sp³-hybridized carbons (Fsp3) is 0.250. The zero-order valence-electron chi connectivity index (χ0n) is 18.3. The number of hydrogen-bond donors (Lipinski definition) is 0. The van der Waals surface area contributed by atoms with Gasteiger partial charge in [0.05, 0.1) is 37.5 Å². The Morgan fingerprint density at radius 1 is 1.00 bits per heavy atom. The predicted molar refractivity (Wildman–Crippen MR) is 115 cm³/mol. The number of methoxy groups -OCH3 is 2. The second kappa shape index (κ2) is 10.2. The van der Waals surface area contributed by atoms with E-state index in [0.717, 1.165) is 22.7 Å². The molecular formula is C24H23F3N2O4. The Labute approximate surface area is 189 Å². The largest absolute Gasteiger partial charge is 0.496 e. The van der Waals surface area contributed by atoms with Crippen molar-refractivity contribution in [1.29, 1.82) is 0 Å². The van der Waals surface area contributed by atoms with E-state index < -0.39 is 23.2 Å². The fourth-order valence-corrected chi connectivity index (χ4v) is 3.25. The van der Waals surface area contributed by atoms with Crippen molar-refractivity contribution in [1.82, 2.24) is 9.88 Å². The van der Waals surface area contributed by atoms with Crippen LogP contribution in [0.4, 0.5) is 13.2 Å². The molecule has 0 aliphatic rings. The molecule has 0 N–H and O–H groups in total. The van der Waals surface area contributed by atoms with Crippen LogP contribution in [-0.4, -0.2) is 37.1 Å². The van der Waals surface area contributed by atoms with E-state index >= 15 is 0 Å². The van der Waals surface area contributed by atoms with Gasteiger partial charge in [-0.2, -0.15) is 13.2 Å². The van der Waals surface area contributed by atoms with Crippen LogP contribution in [0.5, 0.6) is 17.4 Å². The molecule has 0 unspecified atom stereocenters. The highest BCUT2D eigenvalue weighted by Gasteiger charge is 2.37. The number of alkyl halides is 3. The first-order chi connectivity index (χ1) is 15.7. The smallest absolute Gasteiger partial charge is 0.417 e. The lowest BCUT2D eigenvalue weighted by Crippen LogP contribution is -2.29. The molecule has 6 nitrogen and oxygen atoms in total. The lowest BCUT2D eigenvalue weighted by molar-refractivity contribution is -0.138. The van der Waals surface area contributed by atoms with Gasteiger partial charge in [-0.1, -0.05) is 36.4 Å². The zero-order valence-corrected chi connectivity index (χ0v) is 18.3.